The number of rotatable bonds is 19. The van der Waals surface area contributed by atoms with E-state index in [4.69, 9.17) is 47.5 Å². The van der Waals surface area contributed by atoms with Gasteiger partial charge in [-0.2, -0.15) is 0 Å². The van der Waals surface area contributed by atoms with Crippen molar-refractivity contribution in [3.63, 3.8) is 0 Å². The van der Waals surface area contributed by atoms with E-state index in [0.29, 0.717) is 42.8 Å². The highest BCUT2D eigenvalue weighted by molar-refractivity contribution is 5.60. The summed E-state index contributed by atoms with van der Waals surface area (Å²) >= 11 is 0. The molecule has 12 nitrogen and oxygen atoms in total. The van der Waals surface area contributed by atoms with Gasteiger partial charge in [0.25, 0.3) is 0 Å². The third kappa shape index (κ3) is 13.0. The van der Waals surface area contributed by atoms with Crippen molar-refractivity contribution in [1.29, 1.82) is 0 Å². The van der Waals surface area contributed by atoms with Crippen LogP contribution >= 0.6 is 0 Å². The van der Waals surface area contributed by atoms with Crippen molar-refractivity contribution in [3.8, 4) is 28.7 Å². The maximum atomic E-state index is 12.9. The first-order valence-corrected chi connectivity index (χ1v) is 18.7. The number of hydrogen-bond donors (Lipinski definition) is 0. The number of methoxy groups -OCH3 is 4. The van der Waals surface area contributed by atoms with E-state index in [0.717, 1.165) is 34.4 Å². The molecule has 1 aliphatic rings. The quantitative estimate of drug-likeness (QED) is 0.0677. The smallest absolute Gasteiger partial charge is 0.497 e. The fraction of sp³-hybridized carbons (Fsp3) is 0.432. The number of ether oxygens (including phenoxy) is 9. The number of hydroxylamine groups is 2. The number of carbonyl (C=O) groups excluding carboxylic acids is 1. The zero-order valence-electron chi connectivity index (χ0n) is 33.5. The first kappa shape index (κ1) is 42.1. The second-order valence-electron chi connectivity index (χ2n) is 14.4. The molecule has 1 fully saturated rings. The molecule has 0 radical (unpaired) electrons. The van der Waals surface area contributed by atoms with Crippen molar-refractivity contribution < 1.29 is 52.3 Å². The van der Waals surface area contributed by atoms with Gasteiger partial charge in [0.05, 0.1) is 86.8 Å². The van der Waals surface area contributed by atoms with Gasteiger partial charge >= 0.3 is 6.16 Å². The van der Waals surface area contributed by atoms with Crippen LogP contribution in [0, 0.1) is 0 Å². The van der Waals surface area contributed by atoms with Crippen molar-refractivity contribution in [1.82, 2.24) is 5.06 Å². The molecular weight excluding hydrogens is 718 g/mol. The lowest BCUT2D eigenvalue weighted by atomic mass is 9.85. The van der Waals surface area contributed by atoms with Gasteiger partial charge in [-0.05, 0) is 79.4 Å². The van der Waals surface area contributed by atoms with Gasteiger partial charge in [-0.25, -0.2) is 4.79 Å². The van der Waals surface area contributed by atoms with Crippen molar-refractivity contribution in [2.75, 3.05) is 54.7 Å². The van der Waals surface area contributed by atoms with E-state index >= 15 is 0 Å². The monoisotopic (exact) mass is 773 g/mol. The molecule has 12 heteroatoms. The molecule has 56 heavy (non-hydrogen) atoms. The van der Waals surface area contributed by atoms with Gasteiger partial charge < -0.3 is 47.5 Å². The molecule has 1 heterocycles. The van der Waals surface area contributed by atoms with Crippen molar-refractivity contribution in [2.45, 2.75) is 70.7 Å². The Labute approximate surface area is 330 Å². The maximum Gasteiger partial charge on any atom is 0.528 e. The molecule has 0 aliphatic carbocycles. The fourth-order valence-corrected chi connectivity index (χ4v) is 6.34. The molecule has 1 unspecified atom stereocenters. The van der Waals surface area contributed by atoms with E-state index < -0.39 is 24.0 Å². The number of carbonyl (C=O) groups is 1. The Hall–Kier alpha value is -5.01. The van der Waals surface area contributed by atoms with Crippen LogP contribution in [-0.2, 0) is 43.6 Å². The Morgan fingerprint density at radius 1 is 0.625 bits per heavy atom. The van der Waals surface area contributed by atoms with E-state index in [1.165, 1.54) is 0 Å². The van der Waals surface area contributed by atoms with Crippen molar-refractivity contribution in [2.24, 2.45) is 0 Å². The van der Waals surface area contributed by atoms with Crippen LogP contribution in [0.1, 0.15) is 55.4 Å². The molecule has 0 N–H and O–H groups in total. The lowest BCUT2D eigenvalue weighted by Gasteiger charge is -2.42. The average molecular weight is 774 g/mol. The largest absolute Gasteiger partial charge is 0.528 e. The van der Waals surface area contributed by atoms with E-state index in [1.807, 2.05) is 91.0 Å². The number of benzene rings is 4. The Morgan fingerprint density at radius 2 is 1.14 bits per heavy atom. The second kappa shape index (κ2) is 20.8. The van der Waals surface area contributed by atoms with Crippen LogP contribution in [0.25, 0.3) is 0 Å². The zero-order chi connectivity index (χ0) is 39.9. The summed E-state index contributed by atoms with van der Waals surface area (Å²) in [6, 6.07) is 29.3. The first-order valence-electron chi connectivity index (χ1n) is 18.7. The third-order valence-corrected chi connectivity index (χ3v) is 8.99. The molecule has 0 spiro atoms. The van der Waals surface area contributed by atoms with Crippen molar-refractivity contribution in [3.05, 3.63) is 113 Å². The van der Waals surface area contributed by atoms with E-state index in [-0.39, 0.29) is 32.2 Å². The van der Waals surface area contributed by atoms with Crippen LogP contribution in [0.2, 0.25) is 0 Å². The highest BCUT2D eigenvalue weighted by atomic mass is 16.8. The van der Waals surface area contributed by atoms with Crippen molar-refractivity contribution >= 4 is 6.16 Å². The van der Waals surface area contributed by atoms with Crippen LogP contribution in [0.5, 0.6) is 28.7 Å². The number of piperidine rings is 1. The highest BCUT2D eigenvalue weighted by Crippen LogP contribution is 2.36. The Bertz CT molecular complexity index is 1680. The van der Waals surface area contributed by atoms with Gasteiger partial charge in [-0.1, -0.05) is 42.5 Å². The van der Waals surface area contributed by atoms with Gasteiger partial charge in [-0.15, -0.1) is 5.06 Å². The van der Waals surface area contributed by atoms with Gasteiger partial charge in [0.2, 0.25) is 0 Å². The number of hydrogen-bond acceptors (Lipinski definition) is 12. The van der Waals surface area contributed by atoms with Gasteiger partial charge in [0, 0.05) is 24.5 Å². The highest BCUT2D eigenvalue weighted by Gasteiger charge is 2.41. The third-order valence-electron chi connectivity index (χ3n) is 8.99. The molecule has 0 saturated carbocycles. The molecule has 1 aliphatic heterocycles. The molecule has 0 bridgehead atoms. The normalized spacial score (nSPS) is 17.2. The summed E-state index contributed by atoms with van der Waals surface area (Å²) in [4.78, 5) is 18.7. The van der Waals surface area contributed by atoms with E-state index in [9.17, 15) is 4.79 Å². The molecule has 0 aromatic heterocycles. The standard InChI is InChI=1S/C44H55NO11/c1-44(2,3)55-43(46)56-45-26-40(53-29-32-20-36(47-4)24-37(21-32)48-5)42(41(27-45)54-30-33-22-38(49-6)25-39(23-33)50-7)34-14-16-35(17-15-34)52-19-11-18-51-28-31-12-9-8-10-13-31/h8-10,12-17,20-25,40-42H,11,18-19,26-30H2,1-7H3/t40-,41+,42?. The Kier molecular flexibility index (Phi) is 15.6. The summed E-state index contributed by atoms with van der Waals surface area (Å²) in [5.74, 6) is 3.04. The first-order chi connectivity index (χ1) is 27.0. The lowest BCUT2D eigenvalue weighted by molar-refractivity contribution is -0.209. The average Bonchev–Trinajstić information content (AvgIpc) is 3.20. The van der Waals surface area contributed by atoms with Crippen LogP contribution in [0.3, 0.4) is 0 Å². The Balaban J connectivity index is 1.37. The summed E-state index contributed by atoms with van der Waals surface area (Å²) in [5, 5.41) is 1.55. The van der Waals surface area contributed by atoms with Gasteiger partial charge in [-0.3, -0.25) is 0 Å². The molecular formula is C44H55NO11. The summed E-state index contributed by atoms with van der Waals surface area (Å²) in [5.41, 5.74) is 3.08. The molecule has 5 rings (SSSR count). The molecule has 3 atom stereocenters. The minimum Gasteiger partial charge on any atom is -0.497 e. The van der Waals surface area contributed by atoms with Gasteiger partial charge in [0.15, 0.2) is 0 Å². The van der Waals surface area contributed by atoms with E-state index in [2.05, 4.69) is 0 Å². The van der Waals surface area contributed by atoms with Crippen LogP contribution < -0.4 is 23.7 Å². The second-order valence-corrected chi connectivity index (χ2v) is 14.4. The molecule has 4 aromatic rings. The summed E-state index contributed by atoms with van der Waals surface area (Å²) in [7, 11) is 6.43. The predicted molar refractivity (Wildman–Crippen MR) is 211 cm³/mol. The minimum atomic E-state index is -0.810. The minimum absolute atomic E-state index is 0.225. The molecule has 1 saturated heterocycles. The topological polar surface area (TPSA) is 113 Å². The summed E-state index contributed by atoms with van der Waals surface area (Å²) < 4.78 is 52.9. The lowest BCUT2D eigenvalue weighted by Crippen LogP contribution is -2.53. The van der Waals surface area contributed by atoms with E-state index in [1.54, 1.807) is 54.3 Å². The number of nitrogens with zero attached hydrogens (tertiary/aromatic N) is 1. The Morgan fingerprint density at radius 3 is 1.62 bits per heavy atom. The van der Waals surface area contributed by atoms with Crippen LogP contribution in [0.15, 0.2) is 91.0 Å². The molecule has 4 aromatic carbocycles. The maximum absolute atomic E-state index is 12.9. The SMILES string of the molecule is COc1cc(CO[C@H]2CN(OC(=O)OC(C)(C)C)C[C@@H](OCc3cc(OC)cc(OC)c3)C2c2ccc(OCCCOCc3ccccc3)cc2)cc(OC)c1. The molecule has 0 amide bonds. The zero-order valence-corrected chi connectivity index (χ0v) is 33.5. The summed E-state index contributed by atoms with van der Waals surface area (Å²) in [6.45, 7) is 7.99. The fourth-order valence-electron chi connectivity index (χ4n) is 6.34. The van der Waals surface area contributed by atoms with Crippen LogP contribution in [0.4, 0.5) is 4.79 Å². The molecule has 302 valence electrons. The predicted octanol–water partition coefficient (Wildman–Crippen LogP) is 8.14. The summed E-state index contributed by atoms with van der Waals surface area (Å²) in [6.07, 6.45) is -1.06. The van der Waals surface area contributed by atoms with Gasteiger partial charge in [0.1, 0.15) is 34.3 Å². The van der Waals surface area contributed by atoms with Crippen LogP contribution in [-0.4, -0.2) is 83.8 Å².